The molecule has 19 heavy (non-hydrogen) atoms. The van der Waals surface area contributed by atoms with E-state index in [1.807, 2.05) is 0 Å². The summed E-state index contributed by atoms with van der Waals surface area (Å²) in [5.74, 6) is 0.905. The molecule has 1 heterocycles. The lowest BCUT2D eigenvalue weighted by atomic mass is 9.83. The van der Waals surface area contributed by atoms with E-state index >= 15 is 0 Å². The van der Waals surface area contributed by atoms with Crippen LogP contribution in [0.4, 0.5) is 0 Å². The maximum absolute atomic E-state index is 3.58. The van der Waals surface area contributed by atoms with Crippen LogP contribution in [0.5, 0.6) is 0 Å². The summed E-state index contributed by atoms with van der Waals surface area (Å²) in [5, 5.41) is 3.58. The maximum atomic E-state index is 3.58. The van der Waals surface area contributed by atoms with Crippen LogP contribution in [0.3, 0.4) is 0 Å². The van der Waals surface area contributed by atoms with Crippen molar-refractivity contribution in [3.63, 3.8) is 0 Å². The van der Waals surface area contributed by atoms with Gasteiger partial charge in [0.2, 0.25) is 0 Å². The van der Waals surface area contributed by atoms with Crippen LogP contribution in [0, 0.1) is 5.92 Å². The summed E-state index contributed by atoms with van der Waals surface area (Å²) in [5.41, 5.74) is 0. The fraction of sp³-hybridized carbons (Fsp3) is 1.00. The molecule has 1 aliphatic heterocycles. The van der Waals surface area contributed by atoms with Crippen LogP contribution in [0.25, 0.3) is 0 Å². The molecule has 0 amide bonds. The first-order valence-electron chi connectivity index (χ1n) is 8.26. The van der Waals surface area contributed by atoms with Gasteiger partial charge in [-0.1, -0.05) is 19.3 Å². The number of hydrogen-bond acceptors (Lipinski definition) is 3. The molecule has 1 aliphatic carbocycles. The first-order valence-corrected chi connectivity index (χ1v) is 8.26. The number of nitrogens with zero attached hydrogens (tertiary/aromatic N) is 2. The summed E-state index contributed by atoms with van der Waals surface area (Å²) in [7, 11) is 6.73. The Kier molecular flexibility index (Phi) is 6.11. The van der Waals surface area contributed by atoms with Crippen LogP contribution in [0.15, 0.2) is 0 Å². The molecular formula is C16H33N3. The molecule has 1 saturated heterocycles. The van der Waals surface area contributed by atoms with Crippen LogP contribution in [0.1, 0.15) is 44.9 Å². The van der Waals surface area contributed by atoms with E-state index in [9.17, 15) is 0 Å². The quantitative estimate of drug-likeness (QED) is 0.796. The molecule has 0 aromatic rings. The van der Waals surface area contributed by atoms with Gasteiger partial charge in [0.15, 0.2) is 0 Å². The molecule has 3 heteroatoms. The monoisotopic (exact) mass is 267 g/mol. The highest BCUT2D eigenvalue weighted by atomic mass is 15.2. The van der Waals surface area contributed by atoms with E-state index in [-0.39, 0.29) is 0 Å². The zero-order chi connectivity index (χ0) is 13.7. The van der Waals surface area contributed by atoms with Gasteiger partial charge in [0.1, 0.15) is 0 Å². The van der Waals surface area contributed by atoms with Crippen molar-refractivity contribution in [1.82, 2.24) is 15.1 Å². The minimum atomic E-state index is 0.692. The van der Waals surface area contributed by atoms with E-state index in [1.54, 1.807) is 0 Å². The summed E-state index contributed by atoms with van der Waals surface area (Å²) in [6.07, 6.45) is 9.97. The van der Waals surface area contributed by atoms with E-state index in [0.717, 1.165) is 12.0 Å². The van der Waals surface area contributed by atoms with Crippen LogP contribution in [-0.4, -0.2) is 62.7 Å². The zero-order valence-electron chi connectivity index (χ0n) is 13.2. The van der Waals surface area contributed by atoms with Gasteiger partial charge in [0.25, 0.3) is 0 Å². The van der Waals surface area contributed by atoms with Crippen molar-refractivity contribution in [2.45, 2.75) is 57.0 Å². The predicted octanol–water partition coefficient (Wildman–Crippen LogP) is 2.18. The van der Waals surface area contributed by atoms with Crippen LogP contribution >= 0.6 is 0 Å². The topological polar surface area (TPSA) is 18.5 Å². The number of likely N-dealkylation sites (tertiary alicyclic amines) is 1. The molecule has 0 bridgehead atoms. The Labute approximate surface area is 119 Å². The molecule has 2 rings (SSSR count). The smallest absolute Gasteiger partial charge is 0.0220 e. The fourth-order valence-corrected chi connectivity index (χ4v) is 3.99. The second-order valence-electron chi connectivity index (χ2n) is 6.79. The lowest BCUT2D eigenvalue weighted by Gasteiger charge is -2.34. The summed E-state index contributed by atoms with van der Waals surface area (Å²) in [6, 6.07) is 1.48. The lowest BCUT2D eigenvalue weighted by Crippen LogP contribution is -2.46. The van der Waals surface area contributed by atoms with Crippen molar-refractivity contribution in [3.05, 3.63) is 0 Å². The van der Waals surface area contributed by atoms with Gasteiger partial charge in [-0.25, -0.2) is 0 Å². The molecule has 1 N–H and O–H groups in total. The Bertz CT molecular complexity index is 250. The second-order valence-corrected chi connectivity index (χ2v) is 6.79. The molecule has 3 nitrogen and oxygen atoms in total. The Morgan fingerprint density at radius 2 is 1.89 bits per heavy atom. The number of rotatable bonds is 6. The summed E-state index contributed by atoms with van der Waals surface area (Å²) in [6.45, 7) is 3.74. The molecule has 0 aromatic heterocycles. The predicted molar refractivity (Wildman–Crippen MR) is 82.6 cm³/mol. The van der Waals surface area contributed by atoms with Crippen molar-refractivity contribution in [2.24, 2.45) is 5.92 Å². The Morgan fingerprint density at radius 1 is 1.16 bits per heavy atom. The third kappa shape index (κ3) is 4.44. The molecule has 2 fully saturated rings. The summed E-state index contributed by atoms with van der Waals surface area (Å²) >= 11 is 0. The first kappa shape index (κ1) is 15.3. The molecule has 1 saturated carbocycles. The van der Waals surface area contributed by atoms with Gasteiger partial charge in [-0.15, -0.1) is 0 Å². The van der Waals surface area contributed by atoms with E-state index < -0.39 is 0 Å². The average molecular weight is 267 g/mol. The third-order valence-corrected chi connectivity index (χ3v) is 5.29. The largest absolute Gasteiger partial charge is 0.315 e. The van der Waals surface area contributed by atoms with Gasteiger partial charge in [-0.2, -0.15) is 0 Å². The number of hydrogen-bond donors (Lipinski definition) is 1. The summed E-state index contributed by atoms with van der Waals surface area (Å²) in [4.78, 5) is 5.09. The van der Waals surface area contributed by atoms with E-state index in [4.69, 9.17) is 0 Å². The fourth-order valence-electron chi connectivity index (χ4n) is 3.99. The second kappa shape index (κ2) is 7.61. The molecule has 112 valence electrons. The molecular weight excluding hydrogens is 234 g/mol. The Hall–Kier alpha value is -0.120. The van der Waals surface area contributed by atoms with Gasteiger partial charge in [-0.05, 0) is 59.3 Å². The number of nitrogens with one attached hydrogen (secondary N) is 1. The van der Waals surface area contributed by atoms with Crippen LogP contribution in [0.2, 0.25) is 0 Å². The molecule has 2 unspecified atom stereocenters. The molecule has 0 spiro atoms. The van der Waals surface area contributed by atoms with E-state index in [0.29, 0.717) is 6.04 Å². The van der Waals surface area contributed by atoms with Crippen molar-refractivity contribution < 1.29 is 0 Å². The van der Waals surface area contributed by atoms with Gasteiger partial charge in [-0.3, -0.25) is 0 Å². The zero-order valence-corrected chi connectivity index (χ0v) is 13.2. The van der Waals surface area contributed by atoms with Gasteiger partial charge in [0, 0.05) is 25.2 Å². The molecule has 0 aromatic carbocycles. The highest BCUT2D eigenvalue weighted by molar-refractivity contribution is 4.83. The van der Waals surface area contributed by atoms with Gasteiger partial charge in [0.05, 0.1) is 0 Å². The lowest BCUT2D eigenvalue weighted by molar-refractivity contribution is 0.176. The highest BCUT2D eigenvalue weighted by Gasteiger charge is 2.26. The van der Waals surface area contributed by atoms with E-state index in [1.165, 1.54) is 64.6 Å². The standard InChI is InChI=1S/C16H33N3/c1-17-16(14-8-5-4-6-9-14)13-18(2)12-15-10-7-11-19(15)3/h14-17H,4-13H2,1-3H3. The van der Waals surface area contributed by atoms with Crippen molar-refractivity contribution >= 4 is 0 Å². The van der Waals surface area contributed by atoms with Gasteiger partial charge >= 0.3 is 0 Å². The average Bonchev–Trinajstić information content (AvgIpc) is 2.82. The molecule has 2 atom stereocenters. The SMILES string of the molecule is CNC(CN(C)CC1CCCN1C)C1CCCCC1. The maximum Gasteiger partial charge on any atom is 0.0220 e. The minimum absolute atomic E-state index is 0.692. The molecule has 2 aliphatic rings. The first-order chi connectivity index (χ1) is 9.20. The highest BCUT2D eigenvalue weighted by Crippen LogP contribution is 2.27. The Balaban J connectivity index is 1.76. The number of likely N-dealkylation sites (N-methyl/N-ethyl adjacent to an activating group) is 3. The normalized spacial score (nSPS) is 28.1. The summed E-state index contributed by atoms with van der Waals surface area (Å²) < 4.78 is 0. The van der Waals surface area contributed by atoms with Crippen molar-refractivity contribution in [2.75, 3.05) is 40.8 Å². The van der Waals surface area contributed by atoms with Gasteiger partial charge < -0.3 is 15.1 Å². The van der Waals surface area contributed by atoms with Crippen molar-refractivity contribution in [1.29, 1.82) is 0 Å². The van der Waals surface area contributed by atoms with Crippen LogP contribution < -0.4 is 5.32 Å². The molecule has 0 radical (unpaired) electrons. The van der Waals surface area contributed by atoms with Crippen LogP contribution in [-0.2, 0) is 0 Å². The minimum Gasteiger partial charge on any atom is -0.315 e. The van der Waals surface area contributed by atoms with Crippen molar-refractivity contribution in [3.8, 4) is 0 Å². The Morgan fingerprint density at radius 3 is 2.47 bits per heavy atom. The van der Waals surface area contributed by atoms with E-state index in [2.05, 4.69) is 36.3 Å². The third-order valence-electron chi connectivity index (χ3n) is 5.29.